The first-order valence-corrected chi connectivity index (χ1v) is 3.56. The van der Waals surface area contributed by atoms with Crippen molar-refractivity contribution in [3.05, 3.63) is 12.2 Å². The lowest BCUT2D eigenvalue weighted by molar-refractivity contribution is -0.168. The molecule has 0 aromatic heterocycles. The van der Waals surface area contributed by atoms with E-state index >= 15 is 0 Å². The molecular weight excluding hydrogens is 144 g/mol. The normalized spacial score (nSPS) is 12.3. The fourth-order valence-corrected chi connectivity index (χ4v) is 0.520. The molecule has 0 aliphatic carbocycles. The molecular formula is C8H14O3. The topological polar surface area (TPSA) is 35.5 Å². The Morgan fingerprint density at radius 2 is 2.18 bits per heavy atom. The van der Waals surface area contributed by atoms with Crippen LogP contribution in [0.3, 0.4) is 0 Å². The third-order valence-electron chi connectivity index (χ3n) is 1.02. The molecule has 0 aromatic rings. The number of ether oxygens (including phenoxy) is 2. The van der Waals surface area contributed by atoms with Gasteiger partial charge in [0.2, 0.25) is 0 Å². The van der Waals surface area contributed by atoms with Gasteiger partial charge in [-0.05, 0) is 20.8 Å². The summed E-state index contributed by atoms with van der Waals surface area (Å²) >= 11 is 0. The zero-order valence-corrected chi connectivity index (χ0v) is 7.22. The molecule has 0 aromatic carbocycles. The molecule has 0 fully saturated rings. The minimum absolute atomic E-state index is 0.386. The summed E-state index contributed by atoms with van der Waals surface area (Å²) in [6.45, 7) is 9.08. The Morgan fingerprint density at radius 1 is 1.64 bits per heavy atom. The molecule has 0 aliphatic rings. The van der Waals surface area contributed by atoms with Crippen LogP contribution < -0.4 is 0 Å². The third-order valence-corrected chi connectivity index (χ3v) is 1.02. The van der Waals surface area contributed by atoms with Gasteiger partial charge in [0.25, 0.3) is 0 Å². The van der Waals surface area contributed by atoms with Crippen LogP contribution in [-0.4, -0.2) is 18.9 Å². The smallest absolute Gasteiger partial charge is 0.335 e. The summed E-state index contributed by atoms with van der Waals surface area (Å²) in [5, 5.41) is 0. The van der Waals surface area contributed by atoms with Gasteiger partial charge >= 0.3 is 5.97 Å². The minimum atomic E-state index is -0.482. The van der Waals surface area contributed by atoms with Crippen LogP contribution in [0.5, 0.6) is 0 Å². The molecule has 3 nitrogen and oxygen atoms in total. The quantitative estimate of drug-likeness (QED) is 0.353. The highest BCUT2D eigenvalue weighted by Crippen LogP contribution is 1.98. The third kappa shape index (κ3) is 4.56. The van der Waals surface area contributed by atoms with Gasteiger partial charge < -0.3 is 9.47 Å². The molecule has 0 N–H and O–H groups in total. The van der Waals surface area contributed by atoms with Crippen molar-refractivity contribution in [3.63, 3.8) is 0 Å². The Morgan fingerprint density at radius 3 is 2.55 bits per heavy atom. The molecule has 0 aliphatic heterocycles. The van der Waals surface area contributed by atoms with Gasteiger partial charge in [0.05, 0.1) is 0 Å². The Kier molecular flexibility index (Phi) is 4.54. The second-order valence-electron chi connectivity index (χ2n) is 2.21. The first-order valence-electron chi connectivity index (χ1n) is 3.56. The van der Waals surface area contributed by atoms with Crippen LogP contribution in [0.15, 0.2) is 12.2 Å². The molecule has 3 heteroatoms. The number of esters is 1. The lowest BCUT2D eigenvalue weighted by Gasteiger charge is -2.11. The molecule has 0 spiro atoms. The van der Waals surface area contributed by atoms with Crippen molar-refractivity contribution in [2.45, 2.75) is 27.1 Å². The number of rotatable bonds is 4. The van der Waals surface area contributed by atoms with E-state index in [1.165, 1.54) is 0 Å². The number of hydrogen-bond acceptors (Lipinski definition) is 3. The first-order chi connectivity index (χ1) is 5.07. The van der Waals surface area contributed by atoms with Crippen LogP contribution in [0.4, 0.5) is 0 Å². The molecule has 1 unspecified atom stereocenters. The van der Waals surface area contributed by atoms with E-state index in [1.807, 2.05) is 6.92 Å². The van der Waals surface area contributed by atoms with E-state index < -0.39 is 12.3 Å². The van der Waals surface area contributed by atoms with Gasteiger partial charge in [0.1, 0.15) is 0 Å². The molecule has 0 radical (unpaired) electrons. The molecule has 64 valence electrons. The summed E-state index contributed by atoms with van der Waals surface area (Å²) in [5.74, 6) is -0.411. The second-order valence-corrected chi connectivity index (χ2v) is 2.21. The highest BCUT2D eigenvalue weighted by Gasteiger charge is 2.08. The predicted molar refractivity (Wildman–Crippen MR) is 42.0 cm³/mol. The van der Waals surface area contributed by atoms with Gasteiger partial charge in [-0.25, -0.2) is 4.79 Å². The minimum Gasteiger partial charge on any atom is -0.433 e. The fraction of sp³-hybridized carbons (Fsp3) is 0.625. The molecule has 0 rings (SSSR count). The van der Waals surface area contributed by atoms with Crippen molar-refractivity contribution in [2.75, 3.05) is 6.61 Å². The van der Waals surface area contributed by atoms with Gasteiger partial charge in [-0.3, -0.25) is 0 Å². The van der Waals surface area contributed by atoms with Crippen LogP contribution >= 0.6 is 0 Å². The van der Waals surface area contributed by atoms with E-state index in [1.54, 1.807) is 13.8 Å². The summed E-state index contributed by atoms with van der Waals surface area (Å²) in [4.78, 5) is 10.8. The Bertz CT molecular complexity index is 151. The zero-order chi connectivity index (χ0) is 8.85. The van der Waals surface area contributed by atoms with E-state index in [9.17, 15) is 4.79 Å². The van der Waals surface area contributed by atoms with Crippen LogP contribution in [0.2, 0.25) is 0 Å². The van der Waals surface area contributed by atoms with Crippen molar-refractivity contribution in [1.29, 1.82) is 0 Å². The highest BCUT2D eigenvalue weighted by molar-refractivity contribution is 5.86. The van der Waals surface area contributed by atoms with Crippen molar-refractivity contribution in [3.8, 4) is 0 Å². The van der Waals surface area contributed by atoms with Crippen LogP contribution in [0.1, 0.15) is 20.8 Å². The Hall–Kier alpha value is -0.830. The summed E-state index contributed by atoms with van der Waals surface area (Å²) in [5.41, 5.74) is 0.386. The standard InChI is InChI=1S/C8H14O3/c1-5-10-7(4)11-8(9)6(2)3/h7H,2,5H2,1,3-4H3. The molecule has 1 atom stereocenters. The van der Waals surface area contributed by atoms with Gasteiger partial charge in [0, 0.05) is 12.2 Å². The number of hydrogen-bond donors (Lipinski definition) is 0. The van der Waals surface area contributed by atoms with Crippen molar-refractivity contribution in [2.24, 2.45) is 0 Å². The van der Waals surface area contributed by atoms with E-state index in [-0.39, 0.29) is 0 Å². The average molecular weight is 158 g/mol. The van der Waals surface area contributed by atoms with E-state index in [0.717, 1.165) is 0 Å². The lowest BCUT2D eigenvalue weighted by atomic mass is 10.4. The largest absolute Gasteiger partial charge is 0.433 e. The van der Waals surface area contributed by atoms with Crippen LogP contribution in [0, 0.1) is 0 Å². The van der Waals surface area contributed by atoms with Gasteiger partial charge in [-0.15, -0.1) is 0 Å². The zero-order valence-electron chi connectivity index (χ0n) is 7.22. The van der Waals surface area contributed by atoms with Crippen LogP contribution in [-0.2, 0) is 14.3 Å². The molecule has 0 saturated carbocycles. The van der Waals surface area contributed by atoms with Gasteiger partial charge in [0.15, 0.2) is 6.29 Å². The molecule has 0 amide bonds. The Labute approximate surface area is 67.0 Å². The summed E-state index contributed by atoms with van der Waals surface area (Å²) in [7, 11) is 0. The fourth-order valence-electron chi connectivity index (χ4n) is 0.520. The van der Waals surface area contributed by atoms with Crippen LogP contribution in [0.25, 0.3) is 0 Å². The SMILES string of the molecule is C=C(C)C(=O)OC(C)OCC. The Balaban J connectivity index is 3.66. The average Bonchev–Trinajstić information content (AvgIpc) is 1.87. The first kappa shape index (κ1) is 10.2. The lowest BCUT2D eigenvalue weighted by Crippen LogP contribution is -2.18. The van der Waals surface area contributed by atoms with Crippen molar-refractivity contribution < 1.29 is 14.3 Å². The predicted octanol–water partition coefficient (Wildman–Crippen LogP) is 1.49. The van der Waals surface area contributed by atoms with Gasteiger partial charge in [-0.2, -0.15) is 0 Å². The number of carbonyl (C=O) groups excluding carboxylic acids is 1. The maximum atomic E-state index is 10.8. The maximum absolute atomic E-state index is 10.8. The molecule has 0 saturated heterocycles. The van der Waals surface area contributed by atoms with Crippen molar-refractivity contribution >= 4 is 5.97 Å². The second kappa shape index (κ2) is 4.91. The van der Waals surface area contributed by atoms with Gasteiger partial charge in [-0.1, -0.05) is 6.58 Å². The summed E-state index contributed by atoms with van der Waals surface area (Å²) in [6.07, 6.45) is -0.482. The van der Waals surface area contributed by atoms with E-state index in [2.05, 4.69) is 6.58 Å². The summed E-state index contributed by atoms with van der Waals surface area (Å²) in [6, 6.07) is 0. The molecule has 0 bridgehead atoms. The van der Waals surface area contributed by atoms with E-state index in [0.29, 0.717) is 12.2 Å². The monoisotopic (exact) mass is 158 g/mol. The maximum Gasteiger partial charge on any atom is 0.335 e. The van der Waals surface area contributed by atoms with Crippen molar-refractivity contribution in [1.82, 2.24) is 0 Å². The number of carbonyl (C=O) groups is 1. The molecule has 0 heterocycles. The highest BCUT2D eigenvalue weighted by atomic mass is 16.7. The molecule has 11 heavy (non-hydrogen) atoms. The summed E-state index contributed by atoms with van der Waals surface area (Å²) < 4.78 is 9.77. The van der Waals surface area contributed by atoms with E-state index in [4.69, 9.17) is 9.47 Å².